The van der Waals surface area contributed by atoms with Gasteiger partial charge in [-0.15, -0.1) is 0 Å². The van der Waals surface area contributed by atoms with E-state index in [2.05, 4.69) is 22.0 Å². The topological polar surface area (TPSA) is 44.1 Å². The maximum atomic E-state index is 13.2. The molecule has 0 aliphatic heterocycles. The van der Waals surface area contributed by atoms with Crippen molar-refractivity contribution in [2.75, 3.05) is 13.1 Å². The smallest absolute Gasteiger partial charge is 0.255 e. The summed E-state index contributed by atoms with van der Waals surface area (Å²) in [6, 6.07) is 6.07. The normalized spacial score (nSPS) is 11.7. The third-order valence-electron chi connectivity index (χ3n) is 2.54. The Balaban J connectivity index is 2.97. The molecule has 5 heteroatoms. The zero-order valence-electron chi connectivity index (χ0n) is 10.3. The summed E-state index contributed by atoms with van der Waals surface area (Å²) in [4.78, 5) is 13.8. The van der Waals surface area contributed by atoms with Gasteiger partial charge in [-0.1, -0.05) is 0 Å². The predicted molar refractivity (Wildman–Crippen MR) is 70.5 cm³/mol. The molecule has 0 fully saturated rings. The summed E-state index contributed by atoms with van der Waals surface area (Å²) in [5, 5.41) is 8.77. The van der Waals surface area contributed by atoms with Crippen LogP contribution in [0.15, 0.2) is 22.7 Å². The van der Waals surface area contributed by atoms with Gasteiger partial charge in [-0.05, 0) is 48.0 Å². The predicted octanol–water partition coefficient (Wildman–Crippen LogP) is 3.21. The van der Waals surface area contributed by atoms with Crippen LogP contribution in [0.1, 0.15) is 24.2 Å². The molecule has 1 unspecified atom stereocenters. The van der Waals surface area contributed by atoms with E-state index < -0.39 is 5.82 Å². The summed E-state index contributed by atoms with van der Waals surface area (Å²) in [6.07, 6.45) is 0. The maximum absolute atomic E-state index is 13.2. The monoisotopic (exact) mass is 312 g/mol. The summed E-state index contributed by atoms with van der Waals surface area (Å²) >= 11 is 3.23. The van der Waals surface area contributed by atoms with Crippen molar-refractivity contribution in [3.63, 3.8) is 0 Å². The standard InChI is InChI=1S/C13H14BrFN2O/c1-3-17(8-9(2)7-16)13(18)11-6-10(15)4-5-12(11)14/h4-6,9H,3,8H2,1-2H3. The molecule has 1 rings (SSSR count). The quantitative estimate of drug-likeness (QED) is 0.857. The minimum absolute atomic E-state index is 0.249. The number of carbonyl (C=O) groups excluding carboxylic acids is 1. The molecule has 0 heterocycles. The molecule has 3 nitrogen and oxygen atoms in total. The van der Waals surface area contributed by atoms with Gasteiger partial charge in [0.05, 0.1) is 17.6 Å². The molecule has 0 aromatic heterocycles. The number of nitrogens with zero attached hydrogens (tertiary/aromatic N) is 2. The fourth-order valence-corrected chi connectivity index (χ4v) is 1.97. The Labute approximate surface area is 114 Å². The van der Waals surface area contributed by atoms with Crippen molar-refractivity contribution in [3.05, 3.63) is 34.1 Å². The second-order valence-electron chi connectivity index (χ2n) is 4.00. The highest BCUT2D eigenvalue weighted by Gasteiger charge is 2.19. The third-order valence-corrected chi connectivity index (χ3v) is 3.23. The molecule has 0 N–H and O–H groups in total. The van der Waals surface area contributed by atoms with Crippen LogP contribution in [0, 0.1) is 23.1 Å². The van der Waals surface area contributed by atoms with Crippen LogP contribution < -0.4 is 0 Å². The van der Waals surface area contributed by atoms with Gasteiger partial charge in [-0.25, -0.2) is 4.39 Å². The van der Waals surface area contributed by atoms with E-state index >= 15 is 0 Å². The van der Waals surface area contributed by atoms with Gasteiger partial charge in [-0.3, -0.25) is 4.79 Å². The first-order chi connectivity index (χ1) is 8.49. The maximum Gasteiger partial charge on any atom is 0.255 e. The first-order valence-electron chi connectivity index (χ1n) is 5.63. The fraction of sp³-hybridized carbons (Fsp3) is 0.385. The van der Waals surface area contributed by atoms with Crippen LogP contribution in [-0.2, 0) is 0 Å². The summed E-state index contributed by atoms with van der Waals surface area (Å²) in [5.74, 6) is -0.974. The Hall–Kier alpha value is -1.41. The fourth-order valence-electron chi connectivity index (χ4n) is 1.56. The molecular weight excluding hydrogens is 299 g/mol. The molecule has 0 aliphatic carbocycles. The average molecular weight is 313 g/mol. The van der Waals surface area contributed by atoms with Gasteiger partial charge >= 0.3 is 0 Å². The van der Waals surface area contributed by atoms with E-state index in [9.17, 15) is 9.18 Å². The lowest BCUT2D eigenvalue weighted by Crippen LogP contribution is -2.34. The van der Waals surface area contributed by atoms with E-state index in [-0.39, 0.29) is 17.4 Å². The second kappa shape index (κ2) is 6.50. The summed E-state index contributed by atoms with van der Waals surface area (Å²) in [5.41, 5.74) is 0.280. The van der Waals surface area contributed by atoms with Crippen LogP contribution in [0.5, 0.6) is 0 Å². The zero-order valence-corrected chi connectivity index (χ0v) is 11.9. The molecule has 18 heavy (non-hydrogen) atoms. The van der Waals surface area contributed by atoms with Gasteiger partial charge < -0.3 is 4.90 Å². The first kappa shape index (κ1) is 14.7. The van der Waals surface area contributed by atoms with Gasteiger partial charge in [0.25, 0.3) is 5.91 Å². The lowest BCUT2D eigenvalue weighted by Gasteiger charge is -2.22. The molecule has 0 saturated heterocycles. The van der Waals surface area contributed by atoms with Crippen LogP contribution in [0.25, 0.3) is 0 Å². The van der Waals surface area contributed by atoms with Gasteiger partial charge in [0.15, 0.2) is 0 Å². The molecule has 1 aromatic carbocycles. The van der Waals surface area contributed by atoms with E-state index in [0.29, 0.717) is 17.6 Å². The summed E-state index contributed by atoms with van der Waals surface area (Å²) in [7, 11) is 0. The van der Waals surface area contributed by atoms with Gasteiger partial charge in [-0.2, -0.15) is 5.26 Å². The lowest BCUT2D eigenvalue weighted by atomic mass is 10.1. The van der Waals surface area contributed by atoms with Gasteiger partial charge in [0, 0.05) is 17.6 Å². The van der Waals surface area contributed by atoms with Crippen LogP contribution in [0.4, 0.5) is 4.39 Å². The van der Waals surface area contributed by atoms with Crippen LogP contribution in [-0.4, -0.2) is 23.9 Å². The van der Waals surface area contributed by atoms with Crippen molar-refractivity contribution in [2.45, 2.75) is 13.8 Å². The number of carbonyl (C=O) groups is 1. The third kappa shape index (κ3) is 3.54. The molecule has 0 radical (unpaired) electrons. The second-order valence-corrected chi connectivity index (χ2v) is 4.85. The van der Waals surface area contributed by atoms with E-state index in [1.165, 1.54) is 23.1 Å². The number of hydrogen-bond donors (Lipinski definition) is 0. The van der Waals surface area contributed by atoms with Crippen LogP contribution >= 0.6 is 15.9 Å². The van der Waals surface area contributed by atoms with Crippen molar-refractivity contribution in [1.82, 2.24) is 4.90 Å². The van der Waals surface area contributed by atoms with Crippen LogP contribution in [0.3, 0.4) is 0 Å². The van der Waals surface area contributed by atoms with Gasteiger partial charge in [0.1, 0.15) is 5.82 Å². The number of halogens is 2. The number of hydrogen-bond acceptors (Lipinski definition) is 2. The lowest BCUT2D eigenvalue weighted by molar-refractivity contribution is 0.0751. The molecule has 1 atom stereocenters. The first-order valence-corrected chi connectivity index (χ1v) is 6.42. The Morgan fingerprint density at radius 3 is 2.83 bits per heavy atom. The van der Waals surface area contributed by atoms with Crippen molar-refractivity contribution in [1.29, 1.82) is 5.26 Å². The Bertz CT molecular complexity index is 484. The highest BCUT2D eigenvalue weighted by Crippen LogP contribution is 2.20. The van der Waals surface area contributed by atoms with Crippen molar-refractivity contribution >= 4 is 21.8 Å². The average Bonchev–Trinajstić information content (AvgIpc) is 2.37. The van der Waals surface area contributed by atoms with Gasteiger partial charge in [0.2, 0.25) is 0 Å². The molecule has 0 spiro atoms. The van der Waals surface area contributed by atoms with E-state index in [0.717, 1.165) is 0 Å². The van der Waals surface area contributed by atoms with E-state index in [1.54, 1.807) is 6.92 Å². The van der Waals surface area contributed by atoms with E-state index in [1.807, 2.05) is 6.92 Å². The Morgan fingerprint density at radius 2 is 2.28 bits per heavy atom. The Morgan fingerprint density at radius 1 is 1.61 bits per heavy atom. The van der Waals surface area contributed by atoms with Crippen molar-refractivity contribution < 1.29 is 9.18 Å². The largest absolute Gasteiger partial charge is 0.338 e. The number of rotatable bonds is 4. The van der Waals surface area contributed by atoms with E-state index in [4.69, 9.17) is 5.26 Å². The zero-order chi connectivity index (χ0) is 13.7. The molecule has 0 saturated carbocycles. The summed E-state index contributed by atoms with van der Waals surface area (Å²) < 4.78 is 13.7. The summed E-state index contributed by atoms with van der Waals surface area (Å²) in [6.45, 7) is 4.40. The molecule has 0 aliphatic rings. The molecule has 1 amide bonds. The number of nitriles is 1. The number of benzene rings is 1. The highest BCUT2D eigenvalue weighted by molar-refractivity contribution is 9.10. The Kier molecular flexibility index (Phi) is 5.29. The molecule has 1 aromatic rings. The molecule has 0 bridgehead atoms. The van der Waals surface area contributed by atoms with Crippen LogP contribution in [0.2, 0.25) is 0 Å². The minimum atomic E-state index is -0.453. The molecule has 96 valence electrons. The highest BCUT2D eigenvalue weighted by atomic mass is 79.9. The number of amides is 1. The SMILES string of the molecule is CCN(CC(C)C#N)C(=O)c1cc(F)ccc1Br. The van der Waals surface area contributed by atoms with Crippen molar-refractivity contribution in [2.24, 2.45) is 5.92 Å². The van der Waals surface area contributed by atoms with Crippen molar-refractivity contribution in [3.8, 4) is 6.07 Å². The minimum Gasteiger partial charge on any atom is -0.338 e. The molecular formula is C13H14BrFN2O.